The monoisotopic (exact) mass is 414 g/mol. The van der Waals surface area contributed by atoms with Crippen molar-refractivity contribution < 1.29 is 5.11 Å². The molecule has 0 aromatic carbocycles. The van der Waals surface area contributed by atoms with Crippen LogP contribution in [0.25, 0.3) is 0 Å². The first-order valence-electron chi connectivity index (χ1n) is 13.7. The molecule has 0 aromatic heterocycles. The van der Waals surface area contributed by atoms with Gasteiger partial charge in [0.25, 0.3) is 0 Å². The first-order valence-corrected chi connectivity index (χ1v) is 13.7. The molecule has 3 saturated carbocycles. The van der Waals surface area contributed by atoms with Crippen molar-refractivity contribution in [3.8, 4) is 0 Å². The van der Waals surface area contributed by atoms with Crippen LogP contribution in [0.15, 0.2) is 11.6 Å². The summed E-state index contributed by atoms with van der Waals surface area (Å²) in [5.41, 5.74) is 2.62. The van der Waals surface area contributed by atoms with Crippen LogP contribution in [0.3, 0.4) is 0 Å². The number of rotatable bonds is 7. The van der Waals surface area contributed by atoms with E-state index in [1.54, 1.807) is 5.57 Å². The standard InChI is InChI=1S/C29H50O/c1-6-8-21(20(2)3)9-7-10-22-12-14-26-25-13-11-23-19-24(30)15-17-29(23,5)27(25)16-18-28(22,26)4/h11,20-22,24-27,30H,6-10,12-19H2,1-5H3/t21-,22+,24?,25?,26?,27?,28?,29?/m1/s1. The molecule has 1 heteroatoms. The summed E-state index contributed by atoms with van der Waals surface area (Å²) in [6.45, 7) is 12.5. The highest BCUT2D eigenvalue weighted by molar-refractivity contribution is 5.25. The van der Waals surface area contributed by atoms with Gasteiger partial charge in [-0.15, -0.1) is 0 Å². The molecule has 8 atom stereocenters. The van der Waals surface area contributed by atoms with E-state index < -0.39 is 0 Å². The number of aliphatic hydroxyl groups is 1. The molecule has 4 aliphatic carbocycles. The van der Waals surface area contributed by atoms with Gasteiger partial charge >= 0.3 is 0 Å². The van der Waals surface area contributed by atoms with Crippen LogP contribution < -0.4 is 0 Å². The largest absolute Gasteiger partial charge is 0.393 e. The Morgan fingerprint density at radius 1 is 1.03 bits per heavy atom. The zero-order valence-corrected chi connectivity index (χ0v) is 20.8. The molecule has 1 N–H and O–H groups in total. The molecule has 0 spiro atoms. The molecule has 3 fully saturated rings. The maximum absolute atomic E-state index is 10.2. The molecule has 0 saturated heterocycles. The lowest BCUT2D eigenvalue weighted by Gasteiger charge is -2.58. The summed E-state index contributed by atoms with van der Waals surface area (Å²) in [5, 5.41) is 10.2. The van der Waals surface area contributed by atoms with E-state index in [1.165, 1.54) is 70.6 Å². The lowest BCUT2D eigenvalue weighted by atomic mass is 9.47. The average molecular weight is 415 g/mol. The van der Waals surface area contributed by atoms with E-state index >= 15 is 0 Å². The number of allylic oxidation sites excluding steroid dienone is 1. The second-order valence-electron chi connectivity index (χ2n) is 12.7. The van der Waals surface area contributed by atoms with Gasteiger partial charge in [0.05, 0.1) is 6.10 Å². The molecule has 0 heterocycles. The zero-order chi connectivity index (χ0) is 21.5. The average Bonchev–Trinajstić information content (AvgIpc) is 3.04. The topological polar surface area (TPSA) is 20.2 Å². The Morgan fingerprint density at radius 2 is 1.83 bits per heavy atom. The molecular formula is C29H50O. The summed E-state index contributed by atoms with van der Waals surface area (Å²) in [7, 11) is 0. The van der Waals surface area contributed by atoms with E-state index in [2.05, 4.69) is 40.7 Å². The number of aliphatic hydroxyl groups excluding tert-OH is 1. The molecular weight excluding hydrogens is 364 g/mol. The van der Waals surface area contributed by atoms with Gasteiger partial charge in [-0.1, -0.05) is 72.0 Å². The van der Waals surface area contributed by atoms with E-state index in [1.807, 2.05) is 0 Å². The SMILES string of the molecule is CCC[C@H](CCC[C@H]1CCC2C3CC=C4CC(O)CCC4(C)C3CCC21C)C(C)C. The zero-order valence-electron chi connectivity index (χ0n) is 20.8. The Kier molecular flexibility index (Phi) is 6.80. The molecule has 172 valence electrons. The van der Waals surface area contributed by atoms with Gasteiger partial charge in [0.2, 0.25) is 0 Å². The molecule has 0 radical (unpaired) electrons. The fraction of sp³-hybridized carbons (Fsp3) is 0.931. The summed E-state index contributed by atoms with van der Waals surface area (Å²) >= 11 is 0. The highest BCUT2D eigenvalue weighted by Crippen LogP contribution is 2.66. The lowest BCUT2D eigenvalue weighted by Crippen LogP contribution is -2.50. The summed E-state index contributed by atoms with van der Waals surface area (Å²) < 4.78 is 0. The van der Waals surface area contributed by atoms with Crippen molar-refractivity contribution in [3.05, 3.63) is 11.6 Å². The van der Waals surface area contributed by atoms with Gasteiger partial charge in [0.1, 0.15) is 0 Å². The molecule has 6 unspecified atom stereocenters. The third-order valence-corrected chi connectivity index (χ3v) is 11.0. The highest BCUT2D eigenvalue weighted by atomic mass is 16.3. The van der Waals surface area contributed by atoms with Gasteiger partial charge in [0, 0.05) is 0 Å². The third kappa shape index (κ3) is 3.95. The van der Waals surface area contributed by atoms with Crippen LogP contribution in [0, 0.1) is 46.3 Å². The Morgan fingerprint density at radius 3 is 2.57 bits per heavy atom. The summed E-state index contributed by atoms with van der Waals surface area (Å²) in [6, 6.07) is 0. The van der Waals surface area contributed by atoms with Crippen molar-refractivity contribution >= 4 is 0 Å². The normalized spacial score (nSPS) is 44.2. The van der Waals surface area contributed by atoms with Crippen LogP contribution in [-0.4, -0.2) is 11.2 Å². The van der Waals surface area contributed by atoms with Gasteiger partial charge in [-0.2, -0.15) is 0 Å². The van der Waals surface area contributed by atoms with Crippen molar-refractivity contribution in [2.24, 2.45) is 46.3 Å². The van der Waals surface area contributed by atoms with Crippen LogP contribution >= 0.6 is 0 Å². The van der Waals surface area contributed by atoms with Crippen molar-refractivity contribution in [2.75, 3.05) is 0 Å². The van der Waals surface area contributed by atoms with Crippen molar-refractivity contribution in [3.63, 3.8) is 0 Å². The van der Waals surface area contributed by atoms with Crippen LogP contribution in [0.2, 0.25) is 0 Å². The van der Waals surface area contributed by atoms with Crippen LogP contribution in [-0.2, 0) is 0 Å². The molecule has 0 aliphatic heterocycles. The second-order valence-corrected chi connectivity index (χ2v) is 12.7. The minimum absolute atomic E-state index is 0.0760. The predicted octanol–water partition coefficient (Wildman–Crippen LogP) is 8.17. The molecule has 30 heavy (non-hydrogen) atoms. The molecule has 4 aliphatic rings. The molecule has 0 bridgehead atoms. The number of hydrogen-bond donors (Lipinski definition) is 1. The summed E-state index contributed by atoms with van der Waals surface area (Å²) in [6.07, 6.45) is 20.1. The fourth-order valence-electron chi connectivity index (χ4n) is 9.03. The van der Waals surface area contributed by atoms with Gasteiger partial charge in [0.15, 0.2) is 0 Å². The number of fused-ring (bicyclic) bond motifs is 5. The van der Waals surface area contributed by atoms with Crippen molar-refractivity contribution in [2.45, 2.75) is 124 Å². The van der Waals surface area contributed by atoms with E-state index in [0.29, 0.717) is 10.8 Å². The van der Waals surface area contributed by atoms with Gasteiger partial charge in [-0.3, -0.25) is 0 Å². The van der Waals surface area contributed by atoms with Crippen molar-refractivity contribution in [1.29, 1.82) is 0 Å². The quantitative estimate of drug-likeness (QED) is 0.416. The molecule has 0 amide bonds. The fourth-order valence-corrected chi connectivity index (χ4v) is 9.03. The third-order valence-electron chi connectivity index (χ3n) is 11.0. The Balaban J connectivity index is 1.41. The van der Waals surface area contributed by atoms with Gasteiger partial charge in [-0.05, 0) is 104 Å². The van der Waals surface area contributed by atoms with E-state index in [9.17, 15) is 5.11 Å². The Labute approximate surface area is 187 Å². The molecule has 0 aromatic rings. The van der Waals surface area contributed by atoms with Crippen LogP contribution in [0.5, 0.6) is 0 Å². The predicted molar refractivity (Wildman–Crippen MR) is 128 cm³/mol. The Hall–Kier alpha value is -0.300. The lowest BCUT2D eigenvalue weighted by molar-refractivity contribution is -0.0510. The van der Waals surface area contributed by atoms with Gasteiger partial charge < -0.3 is 5.11 Å². The Bertz CT molecular complexity index is 620. The number of hydrogen-bond acceptors (Lipinski definition) is 1. The maximum Gasteiger partial charge on any atom is 0.0577 e. The highest BCUT2D eigenvalue weighted by Gasteiger charge is 2.58. The van der Waals surface area contributed by atoms with Crippen LogP contribution in [0.1, 0.15) is 118 Å². The van der Waals surface area contributed by atoms with Crippen LogP contribution in [0.4, 0.5) is 0 Å². The first kappa shape index (κ1) is 22.9. The summed E-state index contributed by atoms with van der Waals surface area (Å²) in [4.78, 5) is 0. The minimum Gasteiger partial charge on any atom is -0.393 e. The summed E-state index contributed by atoms with van der Waals surface area (Å²) in [5.74, 6) is 5.53. The smallest absolute Gasteiger partial charge is 0.0577 e. The van der Waals surface area contributed by atoms with Gasteiger partial charge in [-0.25, -0.2) is 0 Å². The molecule has 4 rings (SSSR count). The van der Waals surface area contributed by atoms with E-state index in [4.69, 9.17) is 0 Å². The van der Waals surface area contributed by atoms with E-state index in [-0.39, 0.29) is 6.10 Å². The van der Waals surface area contributed by atoms with E-state index in [0.717, 1.165) is 48.3 Å². The maximum atomic E-state index is 10.2. The second kappa shape index (κ2) is 8.92. The van der Waals surface area contributed by atoms with Crippen molar-refractivity contribution in [1.82, 2.24) is 0 Å². The minimum atomic E-state index is -0.0760. The molecule has 1 nitrogen and oxygen atoms in total. The first-order chi connectivity index (χ1) is 14.3.